The number of para-hydroxylation sites is 1. The highest BCUT2D eigenvalue weighted by Crippen LogP contribution is 2.41. The van der Waals surface area contributed by atoms with E-state index in [1.807, 2.05) is 66.4 Å². The van der Waals surface area contributed by atoms with Crippen molar-refractivity contribution in [3.05, 3.63) is 82.4 Å². The lowest BCUT2D eigenvalue weighted by atomic mass is 10.1. The van der Waals surface area contributed by atoms with Crippen molar-refractivity contribution in [2.75, 3.05) is 11.4 Å². The third-order valence-electron chi connectivity index (χ3n) is 5.18. The number of aliphatic imine (C=N–C) groups is 1. The Bertz CT molecular complexity index is 1160. The fourth-order valence-corrected chi connectivity index (χ4v) is 4.97. The fourth-order valence-electron chi connectivity index (χ4n) is 3.76. The Morgan fingerprint density at radius 3 is 2.79 bits per heavy atom. The predicted molar refractivity (Wildman–Crippen MR) is 116 cm³/mol. The van der Waals surface area contributed by atoms with Crippen LogP contribution < -0.4 is 4.90 Å². The number of carbonyl (C=O) groups excluding carboxylic acids is 1. The SMILES string of the molecule is CC1=Nc2cc(C(=O)N3CCc4ccccc43)ccc2Sc2ccc(Cl)cc21. The zero-order valence-corrected chi connectivity index (χ0v) is 16.8. The first-order valence-electron chi connectivity index (χ1n) is 9.17. The van der Waals surface area contributed by atoms with Crippen molar-refractivity contribution >= 4 is 46.4 Å². The van der Waals surface area contributed by atoms with Crippen LogP contribution in [-0.2, 0) is 6.42 Å². The van der Waals surface area contributed by atoms with Gasteiger partial charge >= 0.3 is 0 Å². The second kappa shape index (κ2) is 6.80. The first kappa shape index (κ1) is 17.5. The van der Waals surface area contributed by atoms with E-state index in [2.05, 4.69) is 6.07 Å². The van der Waals surface area contributed by atoms with Crippen molar-refractivity contribution in [1.82, 2.24) is 0 Å². The highest BCUT2D eigenvalue weighted by atomic mass is 35.5. The van der Waals surface area contributed by atoms with Crippen molar-refractivity contribution in [2.24, 2.45) is 4.99 Å². The van der Waals surface area contributed by atoms with Gasteiger partial charge in [-0.1, -0.05) is 41.6 Å². The summed E-state index contributed by atoms with van der Waals surface area (Å²) < 4.78 is 0. The molecule has 0 atom stereocenters. The fraction of sp³-hybridized carbons (Fsp3) is 0.130. The van der Waals surface area contributed by atoms with E-state index in [-0.39, 0.29) is 5.91 Å². The lowest BCUT2D eigenvalue weighted by Gasteiger charge is -2.18. The van der Waals surface area contributed by atoms with Crippen LogP contribution in [0.4, 0.5) is 11.4 Å². The molecule has 0 unspecified atom stereocenters. The molecule has 0 aromatic heterocycles. The van der Waals surface area contributed by atoms with Crippen molar-refractivity contribution in [3.8, 4) is 0 Å². The molecule has 3 nitrogen and oxygen atoms in total. The molecule has 3 aromatic rings. The van der Waals surface area contributed by atoms with Gasteiger partial charge < -0.3 is 4.90 Å². The molecule has 0 aliphatic carbocycles. The standard InChI is InChI=1S/C23H17ClN2OS/c1-14-18-13-17(24)7-9-21(18)28-22-8-6-16(12-19(22)25-14)23(27)26-11-10-15-4-2-3-5-20(15)26/h2-9,12-13H,10-11H2,1H3. The van der Waals surface area contributed by atoms with Gasteiger partial charge in [0, 0.05) is 43.9 Å². The quantitative estimate of drug-likeness (QED) is 0.487. The van der Waals surface area contributed by atoms with E-state index in [0.29, 0.717) is 10.6 Å². The maximum atomic E-state index is 13.2. The Morgan fingerprint density at radius 1 is 1.07 bits per heavy atom. The number of fused-ring (bicyclic) bond motifs is 3. The highest BCUT2D eigenvalue weighted by Gasteiger charge is 2.26. The van der Waals surface area contributed by atoms with Gasteiger partial charge in [0.1, 0.15) is 0 Å². The van der Waals surface area contributed by atoms with Gasteiger partial charge in [-0.25, -0.2) is 0 Å². The highest BCUT2D eigenvalue weighted by molar-refractivity contribution is 7.99. The molecule has 3 aromatic carbocycles. The number of halogens is 1. The minimum Gasteiger partial charge on any atom is -0.308 e. The predicted octanol–water partition coefficient (Wildman–Crippen LogP) is 6.15. The average molecular weight is 405 g/mol. The van der Waals surface area contributed by atoms with Crippen molar-refractivity contribution in [3.63, 3.8) is 0 Å². The molecule has 5 rings (SSSR count). The molecule has 2 aliphatic rings. The van der Waals surface area contributed by atoms with Gasteiger partial charge in [0.2, 0.25) is 0 Å². The van der Waals surface area contributed by atoms with E-state index < -0.39 is 0 Å². The average Bonchev–Trinajstić information content (AvgIpc) is 3.08. The molecule has 2 heterocycles. The van der Waals surface area contributed by atoms with Crippen LogP contribution in [0.5, 0.6) is 0 Å². The van der Waals surface area contributed by atoms with Gasteiger partial charge in [-0.3, -0.25) is 9.79 Å². The number of benzene rings is 3. The summed E-state index contributed by atoms with van der Waals surface area (Å²) in [5.74, 6) is 0.0235. The van der Waals surface area contributed by atoms with Crippen molar-refractivity contribution in [2.45, 2.75) is 23.1 Å². The number of hydrogen-bond donors (Lipinski definition) is 0. The monoisotopic (exact) mass is 404 g/mol. The van der Waals surface area contributed by atoms with Crippen LogP contribution in [0.15, 0.2) is 75.4 Å². The zero-order valence-electron chi connectivity index (χ0n) is 15.3. The summed E-state index contributed by atoms with van der Waals surface area (Å²) in [6.45, 7) is 2.70. The number of rotatable bonds is 1. The van der Waals surface area contributed by atoms with Crippen LogP contribution in [0, 0.1) is 0 Å². The summed E-state index contributed by atoms with van der Waals surface area (Å²) in [5, 5.41) is 0.698. The van der Waals surface area contributed by atoms with E-state index in [9.17, 15) is 4.79 Å². The summed E-state index contributed by atoms with van der Waals surface area (Å²) in [5.41, 5.74) is 5.67. The molecule has 2 aliphatic heterocycles. The van der Waals surface area contributed by atoms with Crippen LogP contribution >= 0.6 is 23.4 Å². The van der Waals surface area contributed by atoms with E-state index in [0.717, 1.165) is 45.4 Å². The number of anilines is 1. The van der Waals surface area contributed by atoms with Crippen LogP contribution in [-0.4, -0.2) is 18.2 Å². The Morgan fingerprint density at radius 2 is 1.89 bits per heavy atom. The topological polar surface area (TPSA) is 32.7 Å². The smallest absolute Gasteiger partial charge is 0.258 e. The Balaban J connectivity index is 1.53. The second-order valence-corrected chi connectivity index (χ2v) is 8.48. The first-order chi connectivity index (χ1) is 13.6. The zero-order chi connectivity index (χ0) is 19.3. The van der Waals surface area contributed by atoms with E-state index >= 15 is 0 Å². The van der Waals surface area contributed by atoms with Crippen LogP contribution in [0.25, 0.3) is 0 Å². The van der Waals surface area contributed by atoms with Gasteiger partial charge in [0.25, 0.3) is 5.91 Å². The minimum absolute atomic E-state index is 0.0235. The molecule has 28 heavy (non-hydrogen) atoms. The van der Waals surface area contributed by atoms with E-state index in [4.69, 9.17) is 16.6 Å². The number of carbonyl (C=O) groups is 1. The third kappa shape index (κ3) is 2.93. The molecule has 0 spiro atoms. The molecule has 0 radical (unpaired) electrons. The van der Waals surface area contributed by atoms with Gasteiger partial charge in [-0.15, -0.1) is 0 Å². The van der Waals surface area contributed by atoms with Crippen LogP contribution in [0.3, 0.4) is 0 Å². The van der Waals surface area contributed by atoms with E-state index in [1.165, 1.54) is 5.56 Å². The van der Waals surface area contributed by atoms with E-state index in [1.54, 1.807) is 11.8 Å². The number of hydrogen-bond acceptors (Lipinski definition) is 3. The Hall–Kier alpha value is -2.56. The summed E-state index contributed by atoms with van der Waals surface area (Å²) in [6.07, 6.45) is 0.899. The van der Waals surface area contributed by atoms with Gasteiger partial charge in [-0.2, -0.15) is 0 Å². The minimum atomic E-state index is 0.0235. The molecule has 0 fully saturated rings. The maximum absolute atomic E-state index is 13.2. The number of nitrogens with zero attached hydrogens (tertiary/aromatic N) is 2. The van der Waals surface area contributed by atoms with Gasteiger partial charge in [0.05, 0.1) is 5.69 Å². The molecular weight excluding hydrogens is 388 g/mol. The molecule has 0 saturated heterocycles. The van der Waals surface area contributed by atoms with Crippen molar-refractivity contribution < 1.29 is 4.79 Å². The summed E-state index contributed by atoms with van der Waals surface area (Å²) in [7, 11) is 0. The molecule has 0 bridgehead atoms. The molecular formula is C23H17ClN2OS. The molecule has 1 amide bonds. The Kier molecular flexibility index (Phi) is 4.26. The third-order valence-corrected chi connectivity index (χ3v) is 6.55. The van der Waals surface area contributed by atoms with Gasteiger partial charge in [0.15, 0.2) is 0 Å². The number of amides is 1. The van der Waals surface area contributed by atoms with Crippen molar-refractivity contribution in [1.29, 1.82) is 0 Å². The molecule has 138 valence electrons. The molecule has 0 saturated carbocycles. The molecule has 0 N–H and O–H groups in total. The summed E-state index contributed by atoms with van der Waals surface area (Å²) in [6, 6.07) is 19.8. The lowest BCUT2D eigenvalue weighted by Crippen LogP contribution is -2.28. The Labute approximate surface area is 173 Å². The first-order valence-corrected chi connectivity index (χ1v) is 10.4. The maximum Gasteiger partial charge on any atom is 0.258 e. The second-order valence-electron chi connectivity index (χ2n) is 6.96. The van der Waals surface area contributed by atoms with Crippen LogP contribution in [0.2, 0.25) is 5.02 Å². The van der Waals surface area contributed by atoms with Gasteiger partial charge in [-0.05, 0) is 61.4 Å². The summed E-state index contributed by atoms with van der Waals surface area (Å²) >= 11 is 7.83. The summed E-state index contributed by atoms with van der Waals surface area (Å²) in [4.78, 5) is 22.0. The normalized spacial score (nSPS) is 14.6. The largest absolute Gasteiger partial charge is 0.308 e. The van der Waals surface area contributed by atoms with Crippen LogP contribution in [0.1, 0.15) is 28.4 Å². The molecule has 5 heteroatoms. The lowest BCUT2D eigenvalue weighted by molar-refractivity contribution is 0.0989.